The van der Waals surface area contributed by atoms with Crippen LogP contribution in [0.1, 0.15) is 41.2 Å². The zero-order chi connectivity index (χ0) is 25.6. The van der Waals surface area contributed by atoms with Crippen LogP contribution in [0, 0.1) is 0 Å². The van der Waals surface area contributed by atoms with Gasteiger partial charge in [0.05, 0.1) is 13.3 Å². The number of ether oxygens (including phenoxy) is 1. The van der Waals surface area contributed by atoms with Crippen LogP contribution in [0.3, 0.4) is 0 Å². The van der Waals surface area contributed by atoms with Crippen molar-refractivity contribution in [3.05, 3.63) is 78.0 Å². The predicted molar refractivity (Wildman–Crippen MR) is 147 cm³/mol. The van der Waals surface area contributed by atoms with Gasteiger partial charge in [-0.25, -0.2) is 4.79 Å². The van der Waals surface area contributed by atoms with E-state index in [0.29, 0.717) is 5.69 Å². The molecule has 2 atom stereocenters. The highest BCUT2D eigenvalue weighted by atomic mass is 16.5. The van der Waals surface area contributed by atoms with Crippen molar-refractivity contribution < 1.29 is 14.3 Å². The zero-order valence-corrected chi connectivity index (χ0v) is 21.5. The molecule has 2 aliphatic rings. The largest absolute Gasteiger partial charge is 0.464 e. The summed E-state index contributed by atoms with van der Waals surface area (Å²) in [5.41, 5.74) is 3.65. The summed E-state index contributed by atoms with van der Waals surface area (Å²) in [6, 6.07) is 18.3. The topological polar surface area (TPSA) is 68.9 Å². The van der Waals surface area contributed by atoms with E-state index in [0.717, 1.165) is 87.0 Å². The number of aromatic amines is 1. The van der Waals surface area contributed by atoms with Crippen LogP contribution in [0.5, 0.6) is 0 Å². The van der Waals surface area contributed by atoms with Gasteiger partial charge < -0.3 is 19.4 Å². The SMILES string of the molecule is COC(=O)c1cc2ccc(N3CCN(C(CC(C=O)c4ccccc4)N4CCC=CCC4)CC3)cc2[nH]1. The quantitative estimate of drug-likeness (QED) is 0.280. The Balaban J connectivity index is 1.30. The molecule has 194 valence electrons. The fourth-order valence-corrected chi connectivity index (χ4v) is 5.66. The molecular weight excluding hydrogens is 464 g/mol. The number of carbonyl (C=O) groups is 2. The van der Waals surface area contributed by atoms with Crippen LogP contribution in [0.4, 0.5) is 5.69 Å². The summed E-state index contributed by atoms with van der Waals surface area (Å²) in [6.07, 6.45) is 8.83. The number of rotatable bonds is 8. The van der Waals surface area contributed by atoms with Crippen molar-refractivity contribution in [2.24, 2.45) is 0 Å². The number of nitrogens with one attached hydrogen (secondary N) is 1. The Bertz CT molecular complexity index is 1220. The lowest BCUT2D eigenvalue weighted by Crippen LogP contribution is -2.56. The van der Waals surface area contributed by atoms with Crippen LogP contribution in [-0.2, 0) is 9.53 Å². The van der Waals surface area contributed by atoms with E-state index in [-0.39, 0.29) is 18.1 Å². The Morgan fingerprint density at radius 1 is 0.946 bits per heavy atom. The smallest absolute Gasteiger partial charge is 0.354 e. The minimum Gasteiger partial charge on any atom is -0.464 e. The number of esters is 1. The van der Waals surface area contributed by atoms with Gasteiger partial charge in [-0.1, -0.05) is 48.6 Å². The van der Waals surface area contributed by atoms with Crippen LogP contribution in [0.15, 0.2) is 66.7 Å². The Kier molecular flexibility index (Phi) is 8.02. The van der Waals surface area contributed by atoms with Crippen LogP contribution in [0.25, 0.3) is 10.9 Å². The molecule has 1 saturated heterocycles. The molecule has 0 spiro atoms. The number of benzene rings is 2. The molecule has 0 radical (unpaired) electrons. The van der Waals surface area contributed by atoms with Crippen molar-refractivity contribution in [3.8, 4) is 0 Å². The second-order valence-corrected chi connectivity index (χ2v) is 9.92. The maximum Gasteiger partial charge on any atom is 0.354 e. The van der Waals surface area contributed by atoms with Gasteiger partial charge in [0.15, 0.2) is 0 Å². The number of hydrogen-bond donors (Lipinski definition) is 1. The summed E-state index contributed by atoms with van der Waals surface area (Å²) in [5.74, 6) is -0.468. The van der Waals surface area contributed by atoms with Gasteiger partial charge in [0.2, 0.25) is 0 Å². The predicted octanol–water partition coefficient (Wildman–Crippen LogP) is 4.43. The van der Waals surface area contributed by atoms with E-state index in [1.807, 2.05) is 24.3 Å². The number of nitrogens with zero attached hydrogens (tertiary/aromatic N) is 3. The maximum absolute atomic E-state index is 12.2. The molecule has 5 rings (SSSR count). The van der Waals surface area contributed by atoms with Crippen molar-refractivity contribution in [1.82, 2.24) is 14.8 Å². The molecule has 7 heteroatoms. The second kappa shape index (κ2) is 11.8. The lowest BCUT2D eigenvalue weighted by Gasteiger charge is -2.45. The Morgan fingerprint density at radius 3 is 2.32 bits per heavy atom. The van der Waals surface area contributed by atoms with Gasteiger partial charge in [-0.3, -0.25) is 9.80 Å². The molecule has 1 N–H and O–H groups in total. The van der Waals surface area contributed by atoms with Gasteiger partial charge in [-0.15, -0.1) is 0 Å². The second-order valence-electron chi connectivity index (χ2n) is 9.92. The van der Waals surface area contributed by atoms with E-state index in [2.05, 4.69) is 62.2 Å². The normalized spacial score (nSPS) is 18.9. The molecule has 7 nitrogen and oxygen atoms in total. The maximum atomic E-state index is 12.2. The number of piperazine rings is 1. The van der Waals surface area contributed by atoms with Gasteiger partial charge >= 0.3 is 5.97 Å². The van der Waals surface area contributed by atoms with E-state index in [4.69, 9.17) is 4.74 Å². The number of aldehydes is 1. The van der Waals surface area contributed by atoms with E-state index < -0.39 is 0 Å². The van der Waals surface area contributed by atoms with Crippen molar-refractivity contribution in [2.75, 3.05) is 51.3 Å². The summed E-state index contributed by atoms with van der Waals surface area (Å²) in [4.78, 5) is 34.8. The Morgan fingerprint density at radius 2 is 1.65 bits per heavy atom. The average molecular weight is 501 g/mol. The first kappa shape index (κ1) is 25.2. The highest BCUT2D eigenvalue weighted by Gasteiger charge is 2.31. The first-order valence-corrected chi connectivity index (χ1v) is 13.3. The van der Waals surface area contributed by atoms with Crippen LogP contribution < -0.4 is 4.90 Å². The van der Waals surface area contributed by atoms with E-state index in [1.54, 1.807) is 0 Å². The number of anilines is 1. The number of methoxy groups -OCH3 is 1. The fourth-order valence-electron chi connectivity index (χ4n) is 5.66. The van der Waals surface area contributed by atoms with Gasteiger partial charge in [-0.05, 0) is 43.0 Å². The molecule has 0 bridgehead atoms. The first-order chi connectivity index (χ1) is 18.2. The molecule has 2 aromatic carbocycles. The molecule has 2 unspecified atom stereocenters. The Labute approximate surface area is 218 Å². The van der Waals surface area contributed by atoms with E-state index in [1.165, 1.54) is 7.11 Å². The number of aromatic nitrogens is 1. The van der Waals surface area contributed by atoms with Crippen molar-refractivity contribution in [2.45, 2.75) is 31.3 Å². The van der Waals surface area contributed by atoms with Gasteiger partial charge in [-0.2, -0.15) is 0 Å². The molecular formula is C30H36N4O3. The van der Waals surface area contributed by atoms with Crippen molar-refractivity contribution in [3.63, 3.8) is 0 Å². The van der Waals surface area contributed by atoms with E-state index in [9.17, 15) is 9.59 Å². The molecule has 3 heterocycles. The summed E-state index contributed by atoms with van der Waals surface area (Å²) < 4.78 is 4.85. The monoisotopic (exact) mass is 500 g/mol. The number of H-pyrrole nitrogens is 1. The van der Waals surface area contributed by atoms with Gasteiger partial charge in [0.1, 0.15) is 12.0 Å². The minimum absolute atomic E-state index is 0.111. The standard InChI is InChI=1S/C30H36N4O3/c1-37-30(36)28-19-24-11-12-26(21-27(24)31-28)32-15-17-34(18-16-32)29(33-13-7-2-3-8-14-33)20-25(22-35)23-9-5-4-6-10-23/h2-6,9-12,19,21-22,25,29,31H,7-8,13-18,20H2,1H3. The molecule has 37 heavy (non-hydrogen) atoms. The average Bonchev–Trinajstić information content (AvgIpc) is 3.20. The van der Waals surface area contributed by atoms with Crippen LogP contribution in [0.2, 0.25) is 0 Å². The highest BCUT2D eigenvalue weighted by Crippen LogP contribution is 2.28. The lowest BCUT2D eigenvalue weighted by molar-refractivity contribution is -0.110. The number of fused-ring (bicyclic) bond motifs is 1. The molecule has 1 fully saturated rings. The van der Waals surface area contributed by atoms with E-state index >= 15 is 0 Å². The molecule has 1 aromatic heterocycles. The fraction of sp³-hybridized carbons (Fsp3) is 0.400. The summed E-state index contributed by atoms with van der Waals surface area (Å²) in [5, 5.41) is 0.999. The van der Waals surface area contributed by atoms with Gasteiger partial charge in [0.25, 0.3) is 0 Å². The Hall–Kier alpha value is -3.42. The summed E-state index contributed by atoms with van der Waals surface area (Å²) in [6.45, 7) is 5.74. The third-order valence-corrected chi connectivity index (χ3v) is 7.72. The number of hydrogen-bond acceptors (Lipinski definition) is 6. The van der Waals surface area contributed by atoms with Crippen LogP contribution >= 0.6 is 0 Å². The van der Waals surface area contributed by atoms with Gasteiger partial charge in [0, 0.05) is 61.8 Å². The lowest BCUT2D eigenvalue weighted by atomic mass is 9.94. The highest BCUT2D eigenvalue weighted by molar-refractivity contribution is 5.95. The third-order valence-electron chi connectivity index (χ3n) is 7.72. The molecule has 0 aliphatic carbocycles. The molecule has 2 aliphatic heterocycles. The minimum atomic E-state index is -0.356. The van der Waals surface area contributed by atoms with Crippen molar-refractivity contribution >= 4 is 28.8 Å². The number of carbonyl (C=O) groups excluding carboxylic acids is 2. The summed E-state index contributed by atoms with van der Waals surface area (Å²) >= 11 is 0. The first-order valence-electron chi connectivity index (χ1n) is 13.3. The third kappa shape index (κ3) is 5.78. The summed E-state index contributed by atoms with van der Waals surface area (Å²) in [7, 11) is 1.39. The zero-order valence-electron chi connectivity index (χ0n) is 21.5. The molecule has 0 saturated carbocycles. The molecule has 0 amide bonds. The molecule has 3 aromatic rings. The van der Waals surface area contributed by atoms with Crippen molar-refractivity contribution in [1.29, 1.82) is 0 Å². The van der Waals surface area contributed by atoms with Crippen LogP contribution in [-0.4, -0.2) is 79.6 Å².